The summed E-state index contributed by atoms with van der Waals surface area (Å²) in [6, 6.07) is 16.3. The van der Waals surface area contributed by atoms with Crippen LogP contribution < -0.4 is 5.32 Å². The second-order valence-corrected chi connectivity index (χ2v) is 5.79. The summed E-state index contributed by atoms with van der Waals surface area (Å²) < 4.78 is 0. The van der Waals surface area contributed by atoms with E-state index in [-0.39, 0.29) is 5.91 Å². The highest BCUT2D eigenvalue weighted by Gasteiger charge is 2.06. The van der Waals surface area contributed by atoms with E-state index in [2.05, 4.69) is 40.4 Å². The molecular weight excluding hydrogens is 286 g/mol. The number of aryl methyl sites for hydroxylation is 2. The fourth-order valence-corrected chi connectivity index (χ4v) is 2.66. The van der Waals surface area contributed by atoms with E-state index in [1.165, 1.54) is 11.1 Å². The van der Waals surface area contributed by atoms with Crippen LogP contribution in [0.1, 0.15) is 23.4 Å². The number of aromatic amines is 1. The molecule has 1 amide bonds. The topological polar surface area (TPSA) is 57.8 Å². The maximum absolute atomic E-state index is 11.9. The molecule has 2 aromatic carbocycles. The van der Waals surface area contributed by atoms with Crippen LogP contribution in [0.2, 0.25) is 0 Å². The molecule has 0 bridgehead atoms. The molecule has 0 aliphatic heterocycles. The second-order valence-electron chi connectivity index (χ2n) is 5.79. The van der Waals surface area contributed by atoms with E-state index >= 15 is 0 Å². The van der Waals surface area contributed by atoms with Crippen molar-refractivity contribution >= 4 is 16.9 Å². The van der Waals surface area contributed by atoms with Gasteiger partial charge in [-0.05, 0) is 31.0 Å². The van der Waals surface area contributed by atoms with Crippen LogP contribution in [-0.2, 0) is 17.6 Å². The Kier molecular flexibility index (Phi) is 4.71. The van der Waals surface area contributed by atoms with Gasteiger partial charge in [0.25, 0.3) is 0 Å². The van der Waals surface area contributed by atoms with Crippen LogP contribution in [0.4, 0.5) is 0 Å². The number of fused-ring (bicyclic) bond motifs is 1. The zero-order chi connectivity index (χ0) is 16.1. The summed E-state index contributed by atoms with van der Waals surface area (Å²) in [4.78, 5) is 19.7. The third kappa shape index (κ3) is 4.19. The van der Waals surface area contributed by atoms with Crippen LogP contribution >= 0.6 is 0 Å². The number of nitrogens with one attached hydrogen (secondary N) is 2. The zero-order valence-electron chi connectivity index (χ0n) is 13.3. The Labute approximate surface area is 136 Å². The largest absolute Gasteiger partial charge is 0.356 e. The van der Waals surface area contributed by atoms with Gasteiger partial charge in [0.15, 0.2) is 0 Å². The molecule has 0 aliphatic carbocycles. The number of benzene rings is 2. The molecule has 3 rings (SSSR count). The first kappa shape index (κ1) is 15.3. The molecule has 4 heteroatoms. The highest BCUT2D eigenvalue weighted by molar-refractivity contribution is 5.77. The van der Waals surface area contributed by atoms with Crippen molar-refractivity contribution in [3.05, 3.63) is 65.5 Å². The monoisotopic (exact) mass is 307 g/mol. The van der Waals surface area contributed by atoms with Crippen molar-refractivity contribution in [1.29, 1.82) is 0 Å². The van der Waals surface area contributed by atoms with Crippen LogP contribution in [0, 0.1) is 6.92 Å². The normalized spacial score (nSPS) is 10.8. The molecule has 0 fully saturated rings. The van der Waals surface area contributed by atoms with Crippen molar-refractivity contribution in [2.45, 2.75) is 26.2 Å². The fraction of sp³-hybridized carbons (Fsp3) is 0.263. The molecule has 1 aromatic heterocycles. The third-order valence-corrected chi connectivity index (χ3v) is 3.85. The maximum atomic E-state index is 11.9. The Morgan fingerprint density at radius 3 is 2.83 bits per heavy atom. The van der Waals surface area contributed by atoms with Gasteiger partial charge in [-0.25, -0.2) is 4.98 Å². The minimum absolute atomic E-state index is 0.0677. The summed E-state index contributed by atoms with van der Waals surface area (Å²) in [7, 11) is 0. The minimum Gasteiger partial charge on any atom is -0.356 e. The summed E-state index contributed by atoms with van der Waals surface area (Å²) in [5.74, 6) is 0.929. The van der Waals surface area contributed by atoms with Gasteiger partial charge in [0, 0.05) is 19.4 Å². The van der Waals surface area contributed by atoms with E-state index in [0.29, 0.717) is 19.4 Å². The lowest BCUT2D eigenvalue weighted by Gasteiger charge is -2.05. The van der Waals surface area contributed by atoms with Crippen molar-refractivity contribution in [1.82, 2.24) is 15.3 Å². The van der Waals surface area contributed by atoms with Crippen molar-refractivity contribution < 1.29 is 4.79 Å². The number of carbonyl (C=O) groups is 1. The lowest BCUT2D eigenvalue weighted by Crippen LogP contribution is -2.26. The van der Waals surface area contributed by atoms with Gasteiger partial charge in [0.05, 0.1) is 11.0 Å². The van der Waals surface area contributed by atoms with Crippen molar-refractivity contribution in [3.8, 4) is 0 Å². The van der Waals surface area contributed by atoms with Gasteiger partial charge in [0.2, 0.25) is 5.91 Å². The molecule has 3 aromatic rings. The summed E-state index contributed by atoms with van der Waals surface area (Å²) >= 11 is 0. The van der Waals surface area contributed by atoms with Gasteiger partial charge in [-0.15, -0.1) is 0 Å². The van der Waals surface area contributed by atoms with Crippen LogP contribution in [0.3, 0.4) is 0 Å². The highest BCUT2D eigenvalue weighted by Crippen LogP contribution is 2.11. The van der Waals surface area contributed by atoms with E-state index in [4.69, 9.17) is 0 Å². The molecule has 118 valence electrons. The van der Waals surface area contributed by atoms with Crippen LogP contribution in [0.5, 0.6) is 0 Å². The Hall–Kier alpha value is -2.62. The molecule has 2 N–H and O–H groups in total. The number of aromatic nitrogens is 2. The smallest absolute Gasteiger partial charge is 0.220 e. The maximum Gasteiger partial charge on any atom is 0.220 e. The predicted molar refractivity (Wildman–Crippen MR) is 92.3 cm³/mol. The molecule has 4 nitrogen and oxygen atoms in total. The summed E-state index contributed by atoms with van der Waals surface area (Å²) in [5.41, 5.74) is 4.46. The number of rotatable bonds is 6. The first-order chi connectivity index (χ1) is 11.2. The molecule has 0 atom stereocenters. The number of hydrogen-bond acceptors (Lipinski definition) is 2. The second kappa shape index (κ2) is 7.09. The Balaban J connectivity index is 1.44. The zero-order valence-corrected chi connectivity index (χ0v) is 13.3. The van der Waals surface area contributed by atoms with Gasteiger partial charge in [-0.1, -0.05) is 42.0 Å². The van der Waals surface area contributed by atoms with Gasteiger partial charge in [0.1, 0.15) is 5.82 Å². The predicted octanol–water partition coefficient (Wildman–Crippen LogP) is 3.16. The standard InChI is InChI=1S/C19H21N3O/c1-14-5-4-6-15(13-14)11-12-20-19(23)10-9-18-21-16-7-2-3-8-17(16)22-18/h2-8,13H,9-12H2,1H3,(H,20,23)(H,21,22). The van der Waals surface area contributed by atoms with Gasteiger partial charge >= 0.3 is 0 Å². The number of H-pyrrole nitrogens is 1. The van der Waals surface area contributed by atoms with Crippen LogP contribution in [0.25, 0.3) is 11.0 Å². The van der Waals surface area contributed by atoms with Crippen molar-refractivity contribution in [2.75, 3.05) is 6.54 Å². The lowest BCUT2D eigenvalue weighted by molar-refractivity contribution is -0.121. The quantitative estimate of drug-likeness (QED) is 0.735. The number of hydrogen-bond donors (Lipinski definition) is 2. The van der Waals surface area contributed by atoms with Gasteiger partial charge in [-0.3, -0.25) is 4.79 Å². The molecule has 0 aliphatic rings. The van der Waals surface area contributed by atoms with E-state index in [1.807, 2.05) is 30.3 Å². The molecule has 0 saturated heterocycles. The van der Waals surface area contributed by atoms with Crippen LogP contribution in [0.15, 0.2) is 48.5 Å². The van der Waals surface area contributed by atoms with E-state index in [1.54, 1.807) is 0 Å². The number of para-hydroxylation sites is 2. The SMILES string of the molecule is Cc1cccc(CCNC(=O)CCc2nc3ccccc3[nH]2)c1. The average Bonchev–Trinajstić information content (AvgIpc) is 2.96. The Bertz CT molecular complexity index is 774. The summed E-state index contributed by atoms with van der Waals surface area (Å²) in [5, 5.41) is 2.97. The first-order valence-electron chi connectivity index (χ1n) is 7.96. The number of amides is 1. The highest BCUT2D eigenvalue weighted by atomic mass is 16.1. The number of imidazole rings is 1. The number of nitrogens with zero attached hydrogens (tertiary/aromatic N) is 1. The molecular formula is C19H21N3O. The minimum atomic E-state index is 0.0677. The summed E-state index contributed by atoms with van der Waals surface area (Å²) in [6.07, 6.45) is 1.94. The molecule has 23 heavy (non-hydrogen) atoms. The van der Waals surface area contributed by atoms with E-state index in [0.717, 1.165) is 23.3 Å². The molecule has 1 heterocycles. The van der Waals surface area contributed by atoms with Crippen molar-refractivity contribution in [2.24, 2.45) is 0 Å². The third-order valence-electron chi connectivity index (χ3n) is 3.85. The Morgan fingerprint density at radius 1 is 1.13 bits per heavy atom. The van der Waals surface area contributed by atoms with Gasteiger partial charge in [-0.2, -0.15) is 0 Å². The van der Waals surface area contributed by atoms with Crippen molar-refractivity contribution in [3.63, 3.8) is 0 Å². The summed E-state index contributed by atoms with van der Waals surface area (Å²) in [6.45, 7) is 2.75. The van der Waals surface area contributed by atoms with E-state index in [9.17, 15) is 4.79 Å². The first-order valence-corrected chi connectivity index (χ1v) is 7.96. The number of carbonyl (C=O) groups excluding carboxylic acids is 1. The van der Waals surface area contributed by atoms with Crippen LogP contribution in [-0.4, -0.2) is 22.4 Å². The molecule has 0 unspecified atom stereocenters. The lowest BCUT2D eigenvalue weighted by atomic mass is 10.1. The van der Waals surface area contributed by atoms with Gasteiger partial charge < -0.3 is 10.3 Å². The molecule has 0 radical (unpaired) electrons. The van der Waals surface area contributed by atoms with E-state index < -0.39 is 0 Å². The molecule has 0 spiro atoms. The Morgan fingerprint density at radius 2 is 2.00 bits per heavy atom. The average molecular weight is 307 g/mol. The fourth-order valence-electron chi connectivity index (χ4n) is 2.66. The molecule has 0 saturated carbocycles.